The number of anilines is 1. The third-order valence-corrected chi connectivity index (χ3v) is 3.05. The number of rotatable bonds is 4. The van der Waals surface area contributed by atoms with Crippen LogP contribution in [0, 0.1) is 0 Å². The van der Waals surface area contributed by atoms with E-state index < -0.39 is 12.0 Å². The Morgan fingerprint density at radius 1 is 1.44 bits per heavy atom. The molecule has 18 heavy (non-hydrogen) atoms. The summed E-state index contributed by atoms with van der Waals surface area (Å²) in [6.07, 6.45) is 2.41. The van der Waals surface area contributed by atoms with E-state index in [2.05, 4.69) is 4.74 Å². The number of nitrogen functional groups attached to an aromatic ring is 1. The van der Waals surface area contributed by atoms with Crippen molar-refractivity contribution in [2.75, 3.05) is 19.1 Å². The van der Waals surface area contributed by atoms with Crippen molar-refractivity contribution in [2.45, 2.75) is 17.4 Å². The van der Waals surface area contributed by atoms with Crippen LogP contribution in [-0.2, 0) is 16.0 Å². The van der Waals surface area contributed by atoms with Crippen LogP contribution >= 0.6 is 36.6 Å². The predicted molar refractivity (Wildman–Crippen MR) is 80.8 cm³/mol. The van der Waals surface area contributed by atoms with Gasteiger partial charge in [-0.25, -0.2) is 0 Å². The van der Waals surface area contributed by atoms with E-state index >= 15 is 0 Å². The summed E-state index contributed by atoms with van der Waals surface area (Å²) >= 11 is 1.57. The molecule has 0 saturated carbocycles. The molecular formula is C11H18Cl2N2O2S. The summed E-state index contributed by atoms with van der Waals surface area (Å²) in [5, 5.41) is 0. The highest BCUT2D eigenvalue weighted by atomic mass is 35.5. The molecule has 0 fully saturated rings. The highest BCUT2D eigenvalue weighted by Gasteiger charge is 2.14. The molecule has 0 saturated heterocycles. The van der Waals surface area contributed by atoms with Crippen LogP contribution in [0.15, 0.2) is 23.1 Å². The minimum Gasteiger partial charge on any atom is -0.468 e. The Balaban J connectivity index is 0. The molecule has 7 heteroatoms. The van der Waals surface area contributed by atoms with Gasteiger partial charge in [-0.3, -0.25) is 4.79 Å². The monoisotopic (exact) mass is 312 g/mol. The maximum absolute atomic E-state index is 11.2. The van der Waals surface area contributed by atoms with E-state index in [9.17, 15) is 4.79 Å². The zero-order chi connectivity index (χ0) is 12.1. The van der Waals surface area contributed by atoms with Crippen LogP contribution in [0.1, 0.15) is 5.56 Å². The smallest absolute Gasteiger partial charge is 0.322 e. The molecule has 0 spiro atoms. The largest absolute Gasteiger partial charge is 0.468 e. The second-order valence-electron chi connectivity index (χ2n) is 3.41. The molecule has 0 aromatic heterocycles. The number of hydrogen-bond acceptors (Lipinski definition) is 5. The van der Waals surface area contributed by atoms with E-state index in [0.29, 0.717) is 6.42 Å². The third kappa shape index (κ3) is 5.35. The first kappa shape index (κ1) is 19.7. The molecular weight excluding hydrogens is 295 g/mol. The Morgan fingerprint density at radius 2 is 2.06 bits per heavy atom. The van der Waals surface area contributed by atoms with Crippen molar-refractivity contribution in [1.82, 2.24) is 0 Å². The van der Waals surface area contributed by atoms with Gasteiger partial charge in [-0.1, -0.05) is 6.07 Å². The standard InChI is InChI=1S/C11H16N2O2S.2ClH/c1-15-11(14)9(13)5-7-3-4-8(12)10(6-7)16-2;;/h3-4,6,9H,5,12-13H2,1-2H3;2*1H/t9-;;/m0../s1. The number of hydrogen-bond donors (Lipinski definition) is 2. The topological polar surface area (TPSA) is 78.3 Å². The number of esters is 1. The van der Waals surface area contributed by atoms with Gasteiger partial charge in [-0.2, -0.15) is 0 Å². The minimum atomic E-state index is -0.622. The van der Waals surface area contributed by atoms with Crippen LogP contribution in [0.2, 0.25) is 0 Å². The van der Waals surface area contributed by atoms with Gasteiger partial charge < -0.3 is 16.2 Å². The summed E-state index contributed by atoms with van der Waals surface area (Å²) in [7, 11) is 1.33. The molecule has 0 unspecified atom stereocenters. The van der Waals surface area contributed by atoms with Crippen molar-refractivity contribution in [3.8, 4) is 0 Å². The molecule has 104 valence electrons. The molecule has 4 nitrogen and oxygen atoms in total. The fraction of sp³-hybridized carbons (Fsp3) is 0.364. The quantitative estimate of drug-likeness (QED) is 0.504. The number of benzene rings is 1. The van der Waals surface area contributed by atoms with E-state index in [4.69, 9.17) is 11.5 Å². The first-order valence-corrected chi connectivity index (χ1v) is 6.06. The summed E-state index contributed by atoms with van der Waals surface area (Å²) in [5.74, 6) is -0.400. The highest BCUT2D eigenvalue weighted by Crippen LogP contribution is 2.24. The van der Waals surface area contributed by atoms with Gasteiger partial charge in [0.25, 0.3) is 0 Å². The number of carbonyl (C=O) groups excluding carboxylic acids is 1. The summed E-state index contributed by atoms with van der Waals surface area (Å²) < 4.78 is 4.57. The molecule has 1 atom stereocenters. The molecule has 4 N–H and O–H groups in total. The highest BCUT2D eigenvalue weighted by molar-refractivity contribution is 7.98. The van der Waals surface area contributed by atoms with Crippen molar-refractivity contribution in [3.63, 3.8) is 0 Å². The number of halogens is 2. The minimum absolute atomic E-state index is 0. The fourth-order valence-corrected chi connectivity index (χ4v) is 1.94. The lowest BCUT2D eigenvalue weighted by atomic mass is 10.1. The van der Waals surface area contributed by atoms with Gasteiger partial charge in [0.2, 0.25) is 0 Å². The summed E-state index contributed by atoms with van der Waals surface area (Å²) in [6.45, 7) is 0. The third-order valence-electron chi connectivity index (χ3n) is 2.26. The average molecular weight is 313 g/mol. The molecule has 1 aromatic carbocycles. The van der Waals surface area contributed by atoms with Crippen molar-refractivity contribution in [2.24, 2.45) is 5.73 Å². The van der Waals surface area contributed by atoms with E-state index in [-0.39, 0.29) is 24.8 Å². The van der Waals surface area contributed by atoms with Gasteiger partial charge in [-0.15, -0.1) is 36.6 Å². The Morgan fingerprint density at radius 3 is 2.56 bits per heavy atom. The molecule has 1 rings (SSSR count). The summed E-state index contributed by atoms with van der Waals surface area (Å²) in [6, 6.07) is 5.02. The Bertz CT molecular complexity index is 391. The van der Waals surface area contributed by atoms with Gasteiger partial charge in [0, 0.05) is 10.6 Å². The lowest BCUT2D eigenvalue weighted by Crippen LogP contribution is -2.33. The molecule has 0 amide bonds. The molecule has 0 bridgehead atoms. The van der Waals surface area contributed by atoms with Gasteiger partial charge in [0.15, 0.2) is 0 Å². The predicted octanol–water partition coefficient (Wildman–Crippen LogP) is 1.88. The van der Waals surface area contributed by atoms with Crippen LogP contribution in [0.3, 0.4) is 0 Å². The number of nitrogens with two attached hydrogens (primary N) is 2. The molecule has 1 aromatic rings. The zero-order valence-electron chi connectivity index (χ0n) is 10.2. The number of thioether (sulfide) groups is 1. The number of carbonyl (C=O) groups is 1. The van der Waals surface area contributed by atoms with Gasteiger partial charge >= 0.3 is 5.97 Å². The molecule has 0 aliphatic carbocycles. The lowest BCUT2D eigenvalue weighted by Gasteiger charge is -2.10. The Labute approximate surface area is 124 Å². The van der Waals surface area contributed by atoms with Crippen LogP contribution in [0.25, 0.3) is 0 Å². The van der Waals surface area contributed by atoms with Crippen LogP contribution in [0.4, 0.5) is 5.69 Å². The average Bonchev–Trinajstić information content (AvgIpc) is 2.30. The Hall–Kier alpha value is -0.620. The number of methoxy groups -OCH3 is 1. The second-order valence-corrected chi connectivity index (χ2v) is 4.26. The summed E-state index contributed by atoms with van der Waals surface area (Å²) in [4.78, 5) is 12.2. The second kappa shape index (κ2) is 9.33. The Kier molecular flexibility index (Phi) is 10.2. The van der Waals surface area contributed by atoms with Crippen LogP contribution < -0.4 is 11.5 Å². The SMILES string of the molecule is COC(=O)[C@@H](N)Cc1ccc(N)c(SC)c1.Cl.Cl. The van der Waals surface area contributed by atoms with E-state index in [1.807, 2.05) is 24.5 Å². The van der Waals surface area contributed by atoms with E-state index in [1.54, 1.807) is 11.8 Å². The first-order chi connectivity index (χ1) is 7.58. The maximum atomic E-state index is 11.2. The first-order valence-electron chi connectivity index (χ1n) is 4.84. The van der Waals surface area contributed by atoms with Crippen LogP contribution in [-0.4, -0.2) is 25.4 Å². The van der Waals surface area contributed by atoms with Crippen molar-refractivity contribution in [3.05, 3.63) is 23.8 Å². The fourth-order valence-electron chi connectivity index (χ4n) is 1.37. The molecule has 0 aliphatic heterocycles. The van der Waals surface area contributed by atoms with E-state index in [0.717, 1.165) is 16.1 Å². The zero-order valence-corrected chi connectivity index (χ0v) is 12.7. The van der Waals surface area contributed by atoms with E-state index in [1.165, 1.54) is 7.11 Å². The summed E-state index contributed by atoms with van der Waals surface area (Å²) in [5.41, 5.74) is 13.2. The number of ether oxygens (including phenoxy) is 1. The van der Waals surface area contributed by atoms with Crippen molar-refractivity contribution < 1.29 is 9.53 Å². The van der Waals surface area contributed by atoms with Gasteiger partial charge in [-0.05, 0) is 30.4 Å². The van der Waals surface area contributed by atoms with Crippen molar-refractivity contribution >= 4 is 48.2 Å². The lowest BCUT2D eigenvalue weighted by molar-refractivity contribution is -0.142. The maximum Gasteiger partial charge on any atom is 0.322 e. The molecule has 0 aliphatic rings. The van der Waals surface area contributed by atoms with Crippen LogP contribution in [0.5, 0.6) is 0 Å². The molecule has 0 heterocycles. The normalized spacial score (nSPS) is 10.8. The molecule has 0 radical (unpaired) electrons. The van der Waals surface area contributed by atoms with Gasteiger partial charge in [0.05, 0.1) is 7.11 Å². The van der Waals surface area contributed by atoms with Gasteiger partial charge in [0.1, 0.15) is 6.04 Å². The van der Waals surface area contributed by atoms with Crippen molar-refractivity contribution in [1.29, 1.82) is 0 Å².